The molecule has 3 heterocycles. The molecule has 0 aliphatic carbocycles. The number of thiazole rings is 1. The van der Waals surface area contributed by atoms with Crippen LogP contribution in [0.3, 0.4) is 0 Å². The lowest BCUT2D eigenvalue weighted by molar-refractivity contribution is -0.127. The van der Waals surface area contributed by atoms with Crippen molar-refractivity contribution in [1.82, 2.24) is 9.88 Å². The molecule has 1 N–H and O–H groups in total. The van der Waals surface area contributed by atoms with Crippen LogP contribution < -0.4 is 10.2 Å². The Kier molecular flexibility index (Phi) is 4.68. The number of hydrogen-bond donors (Lipinski definition) is 1. The number of amides is 1. The SMILES string of the molecule is C=C=C(Nc1ncc(Cl)s1)N1C[C@]2(CCN(C(C)=O)C2)c2cc(Cl)ccc21. The van der Waals surface area contributed by atoms with Crippen molar-refractivity contribution < 1.29 is 4.79 Å². The van der Waals surface area contributed by atoms with E-state index >= 15 is 0 Å². The van der Waals surface area contributed by atoms with E-state index in [1.54, 1.807) is 13.1 Å². The van der Waals surface area contributed by atoms with Gasteiger partial charge in [0.25, 0.3) is 0 Å². The Hall–Kier alpha value is -1.98. The zero-order valence-electron chi connectivity index (χ0n) is 14.8. The first-order valence-corrected chi connectivity index (χ1v) is 10.1. The Morgan fingerprint density at radius 1 is 1.41 bits per heavy atom. The molecule has 4 rings (SSSR count). The lowest BCUT2D eigenvalue weighted by Gasteiger charge is -2.26. The van der Waals surface area contributed by atoms with E-state index in [1.165, 1.54) is 11.3 Å². The van der Waals surface area contributed by atoms with Crippen LogP contribution in [0, 0.1) is 0 Å². The molecule has 1 spiro atoms. The molecule has 8 heteroatoms. The van der Waals surface area contributed by atoms with Crippen LogP contribution in [-0.4, -0.2) is 35.4 Å². The third-order valence-electron chi connectivity index (χ3n) is 5.22. The molecule has 27 heavy (non-hydrogen) atoms. The normalized spacial score (nSPS) is 20.7. The van der Waals surface area contributed by atoms with Gasteiger partial charge in [0.15, 0.2) is 11.0 Å². The van der Waals surface area contributed by atoms with Crippen LogP contribution in [0.2, 0.25) is 9.36 Å². The van der Waals surface area contributed by atoms with Gasteiger partial charge in [-0.3, -0.25) is 4.79 Å². The highest BCUT2D eigenvalue weighted by atomic mass is 35.5. The second-order valence-electron chi connectivity index (χ2n) is 6.84. The molecule has 0 radical (unpaired) electrons. The van der Waals surface area contributed by atoms with Crippen molar-refractivity contribution in [1.29, 1.82) is 0 Å². The molecule has 1 atom stereocenters. The van der Waals surface area contributed by atoms with Crippen LogP contribution in [0.1, 0.15) is 18.9 Å². The third-order valence-corrected chi connectivity index (χ3v) is 6.49. The van der Waals surface area contributed by atoms with E-state index < -0.39 is 0 Å². The summed E-state index contributed by atoms with van der Waals surface area (Å²) in [6.45, 7) is 7.61. The Labute approximate surface area is 171 Å². The first-order valence-electron chi connectivity index (χ1n) is 8.53. The Bertz CT molecular complexity index is 968. The molecule has 0 bridgehead atoms. The van der Waals surface area contributed by atoms with Crippen molar-refractivity contribution >= 4 is 51.3 Å². The number of carbonyl (C=O) groups is 1. The predicted molar refractivity (Wildman–Crippen MR) is 111 cm³/mol. The summed E-state index contributed by atoms with van der Waals surface area (Å²) < 4.78 is 0.610. The first kappa shape index (κ1) is 18.4. The topological polar surface area (TPSA) is 48.5 Å². The van der Waals surface area contributed by atoms with Gasteiger partial charge in [0, 0.05) is 42.7 Å². The van der Waals surface area contributed by atoms with Gasteiger partial charge in [-0.1, -0.05) is 46.8 Å². The van der Waals surface area contributed by atoms with E-state index in [-0.39, 0.29) is 11.3 Å². The maximum absolute atomic E-state index is 11.9. The van der Waals surface area contributed by atoms with Gasteiger partial charge in [-0.2, -0.15) is 0 Å². The molecule has 140 valence electrons. The van der Waals surface area contributed by atoms with Gasteiger partial charge < -0.3 is 15.1 Å². The highest BCUT2D eigenvalue weighted by Gasteiger charge is 2.48. The van der Waals surface area contributed by atoms with Crippen molar-refractivity contribution in [2.75, 3.05) is 29.9 Å². The molecule has 1 amide bonds. The number of fused-ring (bicyclic) bond motifs is 2. The molecule has 5 nitrogen and oxygen atoms in total. The molecule has 1 fully saturated rings. The fourth-order valence-corrected chi connectivity index (χ4v) is 4.94. The largest absolute Gasteiger partial charge is 0.342 e. The number of carbonyl (C=O) groups excluding carboxylic acids is 1. The molecule has 1 aromatic carbocycles. The number of nitrogens with one attached hydrogen (secondary N) is 1. The average Bonchev–Trinajstić information content (AvgIpc) is 3.32. The second-order valence-corrected chi connectivity index (χ2v) is 8.94. The molecule has 2 aromatic rings. The zero-order valence-corrected chi connectivity index (χ0v) is 17.1. The summed E-state index contributed by atoms with van der Waals surface area (Å²) in [5.74, 6) is 0.812. The fourth-order valence-electron chi connectivity index (χ4n) is 3.95. The third kappa shape index (κ3) is 3.23. The van der Waals surface area contributed by atoms with E-state index in [0.29, 0.717) is 26.9 Å². The summed E-state index contributed by atoms with van der Waals surface area (Å²) in [7, 11) is 0. The minimum Gasteiger partial charge on any atom is -0.342 e. The number of benzene rings is 1. The Balaban J connectivity index is 1.71. The summed E-state index contributed by atoms with van der Waals surface area (Å²) in [6, 6.07) is 5.91. The first-order chi connectivity index (χ1) is 12.9. The number of aromatic nitrogens is 1. The predicted octanol–water partition coefficient (Wildman–Crippen LogP) is 4.50. The molecule has 1 saturated heterocycles. The van der Waals surface area contributed by atoms with Gasteiger partial charge in [0.1, 0.15) is 4.34 Å². The van der Waals surface area contributed by atoms with Crippen LogP contribution in [0.25, 0.3) is 0 Å². The number of nitrogens with zero attached hydrogens (tertiary/aromatic N) is 3. The highest BCUT2D eigenvalue weighted by Crippen LogP contribution is 2.48. The van der Waals surface area contributed by atoms with Crippen LogP contribution in [-0.2, 0) is 10.2 Å². The summed E-state index contributed by atoms with van der Waals surface area (Å²) in [4.78, 5) is 20.2. The maximum Gasteiger partial charge on any atom is 0.219 e. The number of rotatable bonds is 3. The highest BCUT2D eigenvalue weighted by molar-refractivity contribution is 7.19. The van der Waals surface area contributed by atoms with E-state index in [9.17, 15) is 4.79 Å². The summed E-state index contributed by atoms with van der Waals surface area (Å²) >= 11 is 13.7. The van der Waals surface area contributed by atoms with Gasteiger partial charge in [0.2, 0.25) is 5.91 Å². The van der Waals surface area contributed by atoms with Gasteiger partial charge in [-0.15, -0.1) is 0 Å². The molecule has 2 aliphatic rings. The minimum absolute atomic E-state index is 0.101. The summed E-state index contributed by atoms with van der Waals surface area (Å²) in [6.07, 6.45) is 2.50. The smallest absolute Gasteiger partial charge is 0.219 e. The molecular weight excluding hydrogens is 403 g/mol. The van der Waals surface area contributed by atoms with E-state index in [0.717, 1.165) is 30.8 Å². The second kappa shape index (κ2) is 6.88. The summed E-state index contributed by atoms with van der Waals surface area (Å²) in [5, 5.41) is 4.64. The van der Waals surface area contributed by atoms with E-state index in [2.05, 4.69) is 27.5 Å². The monoisotopic (exact) mass is 420 g/mol. The Morgan fingerprint density at radius 3 is 2.85 bits per heavy atom. The van der Waals surface area contributed by atoms with E-state index in [1.807, 2.05) is 23.1 Å². The maximum atomic E-state index is 11.9. The number of halogens is 2. The average molecular weight is 421 g/mol. The molecule has 2 aliphatic heterocycles. The number of hydrogen-bond acceptors (Lipinski definition) is 5. The number of likely N-dealkylation sites (tertiary alicyclic amines) is 1. The van der Waals surface area contributed by atoms with Crippen molar-refractivity contribution in [3.05, 3.63) is 57.4 Å². The molecule has 1 aromatic heterocycles. The van der Waals surface area contributed by atoms with Crippen molar-refractivity contribution in [3.8, 4) is 0 Å². The van der Waals surface area contributed by atoms with E-state index in [4.69, 9.17) is 23.2 Å². The van der Waals surface area contributed by atoms with Gasteiger partial charge in [-0.25, -0.2) is 4.98 Å². The van der Waals surface area contributed by atoms with Crippen molar-refractivity contribution in [2.24, 2.45) is 0 Å². The lowest BCUT2D eigenvalue weighted by Crippen LogP contribution is -2.38. The molecular formula is C19H18Cl2N4OS. The quantitative estimate of drug-likeness (QED) is 0.742. The molecule has 0 saturated carbocycles. The van der Waals surface area contributed by atoms with Gasteiger partial charge >= 0.3 is 0 Å². The zero-order chi connectivity index (χ0) is 19.2. The van der Waals surface area contributed by atoms with Crippen molar-refractivity contribution in [2.45, 2.75) is 18.8 Å². The van der Waals surface area contributed by atoms with Gasteiger partial charge in [0.05, 0.1) is 6.20 Å². The molecule has 0 unspecified atom stereocenters. The van der Waals surface area contributed by atoms with Gasteiger partial charge in [-0.05, 0) is 30.2 Å². The minimum atomic E-state index is -0.157. The van der Waals surface area contributed by atoms with Crippen LogP contribution in [0.4, 0.5) is 10.8 Å². The fraction of sp³-hybridized carbons (Fsp3) is 0.316. The number of anilines is 2. The Morgan fingerprint density at radius 2 is 2.22 bits per heavy atom. The van der Waals surface area contributed by atoms with Crippen molar-refractivity contribution in [3.63, 3.8) is 0 Å². The van der Waals surface area contributed by atoms with Crippen LogP contribution in [0.15, 0.2) is 42.5 Å². The van der Waals surface area contributed by atoms with Crippen LogP contribution >= 0.6 is 34.5 Å². The lowest BCUT2D eigenvalue weighted by atomic mass is 9.81. The standard InChI is InChI=1S/C19H18Cl2N4OS/c1-3-17(23-18-22-9-16(21)27-18)25-11-19(6-7-24(10-19)12(2)26)14-8-13(20)4-5-15(14)25/h4-5,8-9H,1,6-7,10-11H2,2H3,(H,22,23)/t19-/m1/s1. The summed E-state index contributed by atoms with van der Waals surface area (Å²) in [5.41, 5.74) is 5.04. The van der Waals surface area contributed by atoms with Crippen LogP contribution in [0.5, 0.6) is 0 Å².